The van der Waals surface area contributed by atoms with E-state index < -0.39 is 0 Å². The van der Waals surface area contributed by atoms with Crippen LogP contribution < -0.4 is 9.47 Å². The molecule has 0 bridgehead atoms. The molecule has 1 aliphatic rings. The second-order valence-corrected chi connectivity index (χ2v) is 6.63. The Balaban J connectivity index is 1.72. The Kier molecular flexibility index (Phi) is 5.89. The zero-order valence-corrected chi connectivity index (χ0v) is 15.2. The van der Waals surface area contributed by atoms with Gasteiger partial charge in [-0.05, 0) is 49.2 Å². The number of hydrogen-bond donors (Lipinski definition) is 0. The Hall–Kier alpha value is -2.40. The molecule has 0 spiro atoms. The molecule has 2 aromatic carbocycles. The fraction of sp³-hybridized carbons (Fsp3) is 0.381. The van der Waals surface area contributed by atoms with Crippen LogP contribution in [-0.2, 0) is 6.54 Å². The van der Waals surface area contributed by atoms with E-state index in [4.69, 9.17) is 9.47 Å². The van der Waals surface area contributed by atoms with Crippen LogP contribution in [0.15, 0.2) is 42.5 Å². The summed E-state index contributed by atoms with van der Waals surface area (Å²) in [4.78, 5) is 15.2. The van der Waals surface area contributed by atoms with Crippen molar-refractivity contribution in [3.8, 4) is 11.5 Å². The number of likely N-dealkylation sites (tertiary alicyclic amines) is 1. The molecule has 0 N–H and O–H groups in total. The van der Waals surface area contributed by atoms with Gasteiger partial charge in [-0.2, -0.15) is 0 Å². The number of nitrogens with zero attached hydrogens (tertiary/aromatic N) is 1. The van der Waals surface area contributed by atoms with Gasteiger partial charge < -0.3 is 9.47 Å². The summed E-state index contributed by atoms with van der Waals surface area (Å²) in [5.41, 5.74) is 1.52. The van der Waals surface area contributed by atoms with E-state index in [0.717, 1.165) is 24.9 Å². The van der Waals surface area contributed by atoms with E-state index in [1.807, 2.05) is 6.07 Å². The lowest BCUT2D eigenvalue weighted by Crippen LogP contribution is -2.38. The molecule has 0 amide bonds. The summed E-state index contributed by atoms with van der Waals surface area (Å²) in [6.07, 6.45) is 1.80. The molecule has 5 heteroatoms. The van der Waals surface area contributed by atoms with E-state index in [0.29, 0.717) is 30.2 Å². The number of carbonyl (C=O) groups excluding carboxylic acids is 1. The number of Topliss-reactive ketones (excluding diaryl/α,β-unsaturated/α-hetero) is 1. The van der Waals surface area contributed by atoms with Gasteiger partial charge in [-0.25, -0.2) is 4.39 Å². The predicted molar refractivity (Wildman–Crippen MR) is 98.3 cm³/mol. The minimum atomic E-state index is -0.227. The topological polar surface area (TPSA) is 38.8 Å². The van der Waals surface area contributed by atoms with Gasteiger partial charge in [0.25, 0.3) is 0 Å². The first-order valence-electron chi connectivity index (χ1n) is 8.83. The highest BCUT2D eigenvalue weighted by Gasteiger charge is 2.28. The summed E-state index contributed by atoms with van der Waals surface area (Å²) >= 11 is 0. The first-order valence-corrected chi connectivity index (χ1v) is 8.83. The van der Waals surface area contributed by atoms with Gasteiger partial charge in [-0.3, -0.25) is 9.69 Å². The SMILES string of the molecule is COc1ccc(C(=O)[C@@H]2CCCN(Cc3cccc(F)c3)C2)c(OC)c1. The maximum atomic E-state index is 13.4. The van der Waals surface area contributed by atoms with Crippen LogP contribution >= 0.6 is 0 Å². The van der Waals surface area contributed by atoms with Crippen molar-refractivity contribution in [1.29, 1.82) is 0 Å². The highest BCUT2D eigenvalue weighted by molar-refractivity contribution is 6.00. The minimum Gasteiger partial charge on any atom is -0.497 e. The Morgan fingerprint density at radius 1 is 1.19 bits per heavy atom. The molecule has 138 valence electrons. The molecule has 1 aliphatic heterocycles. The second-order valence-electron chi connectivity index (χ2n) is 6.63. The normalized spacial score (nSPS) is 17.7. The summed E-state index contributed by atoms with van der Waals surface area (Å²) in [6, 6.07) is 11.9. The molecule has 0 aromatic heterocycles. The molecule has 1 fully saturated rings. The highest BCUT2D eigenvalue weighted by Crippen LogP contribution is 2.29. The Morgan fingerprint density at radius 2 is 2.04 bits per heavy atom. The van der Waals surface area contributed by atoms with E-state index in [9.17, 15) is 9.18 Å². The second kappa shape index (κ2) is 8.32. The maximum Gasteiger partial charge on any atom is 0.170 e. The van der Waals surface area contributed by atoms with Gasteiger partial charge in [0, 0.05) is 25.1 Å². The molecule has 0 unspecified atom stereocenters. The van der Waals surface area contributed by atoms with Gasteiger partial charge in [0.1, 0.15) is 17.3 Å². The van der Waals surface area contributed by atoms with Gasteiger partial charge in [0.15, 0.2) is 5.78 Å². The number of benzene rings is 2. The number of ether oxygens (including phenoxy) is 2. The number of methoxy groups -OCH3 is 2. The van der Waals surface area contributed by atoms with Crippen LogP contribution in [0.3, 0.4) is 0 Å². The van der Waals surface area contributed by atoms with Crippen LogP contribution in [0.2, 0.25) is 0 Å². The minimum absolute atomic E-state index is 0.0837. The number of rotatable bonds is 6. The zero-order valence-electron chi connectivity index (χ0n) is 15.2. The molecule has 2 aromatic rings. The lowest BCUT2D eigenvalue weighted by atomic mass is 9.89. The summed E-state index contributed by atoms with van der Waals surface area (Å²) < 4.78 is 24.0. The molecule has 3 rings (SSSR count). The number of carbonyl (C=O) groups is 1. The molecular weight excluding hydrogens is 333 g/mol. The standard InChI is InChI=1S/C21H24FNO3/c1-25-18-8-9-19(20(12-18)26-2)21(24)16-6-4-10-23(14-16)13-15-5-3-7-17(22)11-15/h3,5,7-9,11-12,16H,4,6,10,13-14H2,1-2H3/t16-/m1/s1. The van der Waals surface area contributed by atoms with Crippen molar-refractivity contribution in [2.24, 2.45) is 5.92 Å². The molecule has 0 radical (unpaired) electrons. The lowest BCUT2D eigenvalue weighted by molar-refractivity contribution is 0.0808. The summed E-state index contributed by atoms with van der Waals surface area (Å²) in [5.74, 6) is 0.981. The average Bonchev–Trinajstić information content (AvgIpc) is 2.67. The molecule has 26 heavy (non-hydrogen) atoms. The van der Waals surface area contributed by atoms with Crippen molar-refractivity contribution in [3.63, 3.8) is 0 Å². The Labute approximate surface area is 153 Å². The van der Waals surface area contributed by atoms with Crippen LogP contribution in [0.1, 0.15) is 28.8 Å². The summed E-state index contributed by atoms with van der Waals surface area (Å²) in [7, 11) is 3.14. The molecule has 1 heterocycles. The smallest absolute Gasteiger partial charge is 0.170 e. The maximum absolute atomic E-state index is 13.4. The van der Waals surface area contributed by atoms with Crippen LogP contribution in [0.25, 0.3) is 0 Å². The quantitative estimate of drug-likeness (QED) is 0.734. The average molecular weight is 357 g/mol. The largest absolute Gasteiger partial charge is 0.497 e. The fourth-order valence-electron chi connectivity index (χ4n) is 3.53. The fourth-order valence-corrected chi connectivity index (χ4v) is 3.53. The van der Waals surface area contributed by atoms with Gasteiger partial charge in [-0.1, -0.05) is 12.1 Å². The van der Waals surface area contributed by atoms with Gasteiger partial charge in [-0.15, -0.1) is 0 Å². The summed E-state index contributed by atoms with van der Waals surface area (Å²) in [6.45, 7) is 2.24. The third-order valence-corrected chi connectivity index (χ3v) is 4.85. The Morgan fingerprint density at radius 3 is 2.77 bits per heavy atom. The molecule has 4 nitrogen and oxygen atoms in total. The molecule has 1 atom stereocenters. The highest BCUT2D eigenvalue weighted by atomic mass is 19.1. The molecule has 0 aliphatic carbocycles. The van der Waals surface area contributed by atoms with Crippen molar-refractivity contribution in [2.75, 3.05) is 27.3 Å². The molecule has 0 saturated carbocycles. The van der Waals surface area contributed by atoms with E-state index in [-0.39, 0.29) is 17.5 Å². The Bertz CT molecular complexity index is 778. The van der Waals surface area contributed by atoms with Crippen LogP contribution in [-0.4, -0.2) is 38.0 Å². The van der Waals surface area contributed by atoms with Crippen molar-refractivity contribution >= 4 is 5.78 Å². The number of ketones is 1. The zero-order chi connectivity index (χ0) is 18.5. The third kappa shape index (κ3) is 4.22. The van der Waals surface area contributed by atoms with E-state index in [2.05, 4.69) is 4.90 Å². The van der Waals surface area contributed by atoms with Crippen molar-refractivity contribution < 1.29 is 18.7 Å². The third-order valence-electron chi connectivity index (χ3n) is 4.85. The van der Waals surface area contributed by atoms with Crippen molar-refractivity contribution in [2.45, 2.75) is 19.4 Å². The first-order chi connectivity index (χ1) is 12.6. The lowest BCUT2D eigenvalue weighted by Gasteiger charge is -2.32. The van der Waals surface area contributed by atoms with Crippen molar-refractivity contribution in [3.05, 3.63) is 59.4 Å². The van der Waals surface area contributed by atoms with Crippen LogP contribution in [0.4, 0.5) is 4.39 Å². The summed E-state index contributed by atoms with van der Waals surface area (Å²) in [5, 5.41) is 0. The predicted octanol–water partition coefficient (Wildman–Crippen LogP) is 3.94. The van der Waals surface area contributed by atoms with Crippen LogP contribution in [0, 0.1) is 11.7 Å². The number of hydrogen-bond acceptors (Lipinski definition) is 4. The monoisotopic (exact) mass is 357 g/mol. The number of halogens is 1. The van der Waals surface area contributed by atoms with E-state index in [1.165, 1.54) is 6.07 Å². The molecular formula is C21H24FNO3. The van der Waals surface area contributed by atoms with Gasteiger partial charge in [0.2, 0.25) is 0 Å². The molecule has 1 saturated heterocycles. The van der Waals surface area contributed by atoms with Gasteiger partial charge >= 0.3 is 0 Å². The van der Waals surface area contributed by atoms with Gasteiger partial charge in [0.05, 0.1) is 19.8 Å². The number of piperidine rings is 1. The van der Waals surface area contributed by atoms with Crippen LogP contribution in [0.5, 0.6) is 11.5 Å². The first kappa shape index (κ1) is 18.4. The van der Waals surface area contributed by atoms with E-state index in [1.54, 1.807) is 44.6 Å². The van der Waals surface area contributed by atoms with Crippen molar-refractivity contribution in [1.82, 2.24) is 4.90 Å². The van der Waals surface area contributed by atoms with E-state index >= 15 is 0 Å².